The standard InChI is InChI=1S/C18H25F2N3O2/c1-18(2,14-4-3-13(19)9-15(14)20)17(25)22-10-16(21)12-5-7-23(11-24)8-6-12/h3-4,9,11-12,16H,5-8,10,21H2,1-2H3,(H,22,25). The molecule has 1 aromatic rings. The minimum atomic E-state index is -1.14. The number of amides is 2. The first kappa shape index (κ1) is 19.3. The summed E-state index contributed by atoms with van der Waals surface area (Å²) < 4.78 is 27.1. The van der Waals surface area contributed by atoms with Crippen LogP contribution in [0.2, 0.25) is 0 Å². The van der Waals surface area contributed by atoms with E-state index >= 15 is 0 Å². The highest BCUT2D eigenvalue weighted by atomic mass is 19.1. The van der Waals surface area contributed by atoms with Crippen LogP contribution in [-0.4, -0.2) is 42.9 Å². The van der Waals surface area contributed by atoms with Gasteiger partial charge in [-0.3, -0.25) is 9.59 Å². The van der Waals surface area contributed by atoms with Gasteiger partial charge in [-0.2, -0.15) is 0 Å². The summed E-state index contributed by atoms with van der Waals surface area (Å²) in [6.07, 6.45) is 2.43. The van der Waals surface area contributed by atoms with Gasteiger partial charge in [-0.05, 0) is 38.7 Å². The highest BCUT2D eigenvalue weighted by Gasteiger charge is 2.33. The Morgan fingerprint density at radius 2 is 2.04 bits per heavy atom. The molecule has 2 amide bonds. The molecule has 0 spiro atoms. The van der Waals surface area contributed by atoms with Gasteiger partial charge in [0.05, 0.1) is 5.41 Å². The number of halogens is 2. The third-order valence-electron chi connectivity index (χ3n) is 5.00. The van der Waals surface area contributed by atoms with Crippen LogP contribution >= 0.6 is 0 Å². The average molecular weight is 353 g/mol. The Morgan fingerprint density at radius 3 is 2.60 bits per heavy atom. The van der Waals surface area contributed by atoms with Crippen LogP contribution in [0.3, 0.4) is 0 Å². The second-order valence-electron chi connectivity index (χ2n) is 7.10. The molecule has 0 aliphatic carbocycles. The molecule has 1 aliphatic heterocycles. The first-order chi connectivity index (χ1) is 11.8. The van der Waals surface area contributed by atoms with E-state index in [1.165, 1.54) is 6.07 Å². The Kier molecular flexibility index (Phi) is 6.11. The van der Waals surface area contributed by atoms with Crippen molar-refractivity contribution in [1.82, 2.24) is 10.2 Å². The van der Waals surface area contributed by atoms with Crippen molar-refractivity contribution in [2.75, 3.05) is 19.6 Å². The van der Waals surface area contributed by atoms with Crippen molar-refractivity contribution in [2.45, 2.75) is 38.1 Å². The third kappa shape index (κ3) is 4.54. The minimum absolute atomic E-state index is 0.138. The summed E-state index contributed by atoms with van der Waals surface area (Å²) in [6, 6.07) is 2.97. The number of carbonyl (C=O) groups is 2. The highest BCUT2D eigenvalue weighted by molar-refractivity contribution is 5.87. The van der Waals surface area contributed by atoms with Gasteiger partial charge in [0.15, 0.2) is 0 Å². The molecule has 25 heavy (non-hydrogen) atoms. The molecule has 1 heterocycles. The monoisotopic (exact) mass is 353 g/mol. The van der Waals surface area contributed by atoms with Gasteiger partial charge in [0.1, 0.15) is 11.6 Å². The fourth-order valence-corrected chi connectivity index (χ4v) is 3.17. The Hall–Kier alpha value is -2.02. The molecule has 2 rings (SSSR count). The normalized spacial score (nSPS) is 17.2. The van der Waals surface area contributed by atoms with Crippen LogP contribution in [0, 0.1) is 17.6 Å². The Bertz CT molecular complexity index is 629. The molecule has 1 saturated heterocycles. The maximum absolute atomic E-state index is 14.0. The Balaban J connectivity index is 1.93. The van der Waals surface area contributed by atoms with Crippen molar-refractivity contribution in [2.24, 2.45) is 11.7 Å². The molecule has 138 valence electrons. The molecule has 3 N–H and O–H groups in total. The molecular weight excluding hydrogens is 328 g/mol. The van der Waals surface area contributed by atoms with Crippen LogP contribution in [0.1, 0.15) is 32.3 Å². The minimum Gasteiger partial charge on any atom is -0.354 e. The van der Waals surface area contributed by atoms with Gasteiger partial charge < -0.3 is 16.0 Å². The number of hydrogen-bond acceptors (Lipinski definition) is 3. The number of benzene rings is 1. The number of carbonyl (C=O) groups excluding carboxylic acids is 2. The Labute approximate surface area is 146 Å². The van der Waals surface area contributed by atoms with Crippen LogP contribution in [0.4, 0.5) is 8.78 Å². The fraction of sp³-hybridized carbons (Fsp3) is 0.556. The zero-order valence-electron chi connectivity index (χ0n) is 14.6. The summed E-state index contributed by atoms with van der Waals surface area (Å²) in [5.74, 6) is -1.56. The predicted octanol–water partition coefficient (Wildman–Crippen LogP) is 1.55. The number of nitrogens with zero attached hydrogens (tertiary/aromatic N) is 1. The summed E-state index contributed by atoms with van der Waals surface area (Å²) in [7, 11) is 0. The van der Waals surface area contributed by atoms with E-state index < -0.39 is 17.0 Å². The van der Waals surface area contributed by atoms with Crippen LogP contribution < -0.4 is 11.1 Å². The van der Waals surface area contributed by atoms with E-state index in [4.69, 9.17) is 5.73 Å². The van der Waals surface area contributed by atoms with E-state index in [0.29, 0.717) is 13.1 Å². The molecule has 1 atom stereocenters. The Morgan fingerprint density at radius 1 is 1.40 bits per heavy atom. The smallest absolute Gasteiger partial charge is 0.230 e. The number of nitrogens with two attached hydrogens (primary N) is 1. The van der Waals surface area contributed by atoms with E-state index in [1.807, 2.05) is 0 Å². The summed E-state index contributed by atoms with van der Waals surface area (Å²) in [5, 5.41) is 2.78. The number of nitrogens with one attached hydrogen (secondary N) is 1. The van der Waals surface area contributed by atoms with E-state index in [2.05, 4.69) is 5.32 Å². The molecule has 1 aromatic carbocycles. The van der Waals surface area contributed by atoms with Crippen LogP contribution in [0.25, 0.3) is 0 Å². The predicted molar refractivity (Wildman–Crippen MR) is 90.7 cm³/mol. The van der Waals surface area contributed by atoms with Crippen molar-refractivity contribution >= 4 is 12.3 Å². The van der Waals surface area contributed by atoms with Crippen molar-refractivity contribution in [1.29, 1.82) is 0 Å². The molecule has 1 aliphatic rings. The molecule has 1 fully saturated rings. The SMILES string of the molecule is CC(C)(C(=O)NCC(N)C1CCN(C=O)CC1)c1ccc(F)cc1F. The number of likely N-dealkylation sites (tertiary alicyclic amines) is 1. The van der Waals surface area contributed by atoms with Crippen molar-refractivity contribution in [3.8, 4) is 0 Å². The molecule has 0 bridgehead atoms. The van der Waals surface area contributed by atoms with Crippen LogP contribution in [0.15, 0.2) is 18.2 Å². The summed E-state index contributed by atoms with van der Waals surface area (Å²) in [6.45, 7) is 4.79. The summed E-state index contributed by atoms with van der Waals surface area (Å²) in [4.78, 5) is 24.9. The van der Waals surface area contributed by atoms with Crippen LogP contribution in [0.5, 0.6) is 0 Å². The van der Waals surface area contributed by atoms with Gasteiger partial charge in [-0.25, -0.2) is 8.78 Å². The van der Waals surface area contributed by atoms with Gasteiger partial charge in [0, 0.05) is 37.3 Å². The van der Waals surface area contributed by atoms with Gasteiger partial charge >= 0.3 is 0 Å². The molecule has 0 aromatic heterocycles. The maximum Gasteiger partial charge on any atom is 0.230 e. The summed E-state index contributed by atoms with van der Waals surface area (Å²) in [5.41, 5.74) is 5.17. The maximum atomic E-state index is 14.0. The zero-order valence-corrected chi connectivity index (χ0v) is 14.6. The van der Waals surface area contributed by atoms with E-state index in [-0.39, 0.29) is 30.0 Å². The lowest BCUT2D eigenvalue weighted by Crippen LogP contribution is -2.49. The number of piperidine rings is 1. The number of rotatable bonds is 6. The third-order valence-corrected chi connectivity index (χ3v) is 5.00. The molecule has 0 radical (unpaired) electrons. The van der Waals surface area contributed by atoms with Crippen molar-refractivity contribution in [3.63, 3.8) is 0 Å². The van der Waals surface area contributed by atoms with Gasteiger partial charge in [0.25, 0.3) is 0 Å². The molecule has 0 saturated carbocycles. The average Bonchev–Trinajstić information content (AvgIpc) is 2.59. The van der Waals surface area contributed by atoms with Gasteiger partial charge in [0.2, 0.25) is 12.3 Å². The topological polar surface area (TPSA) is 75.4 Å². The lowest BCUT2D eigenvalue weighted by atomic mass is 9.83. The van der Waals surface area contributed by atoms with E-state index in [1.54, 1.807) is 18.7 Å². The second kappa shape index (κ2) is 7.91. The highest BCUT2D eigenvalue weighted by Crippen LogP contribution is 2.27. The quantitative estimate of drug-likeness (QED) is 0.762. The fourth-order valence-electron chi connectivity index (χ4n) is 3.17. The largest absolute Gasteiger partial charge is 0.354 e. The molecule has 7 heteroatoms. The lowest BCUT2D eigenvalue weighted by Gasteiger charge is -2.33. The lowest BCUT2D eigenvalue weighted by molar-refractivity contribution is -0.125. The molecular formula is C18H25F2N3O2. The zero-order chi connectivity index (χ0) is 18.6. The van der Waals surface area contributed by atoms with Crippen molar-refractivity contribution < 1.29 is 18.4 Å². The van der Waals surface area contributed by atoms with Crippen molar-refractivity contribution in [3.05, 3.63) is 35.4 Å². The van der Waals surface area contributed by atoms with E-state index in [9.17, 15) is 18.4 Å². The van der Waals surface area contributed by atoms with Gasteiger partial charge in [-0.15, -0.1) is 0 Å². The molecule has 5 nitrogen and oxygen atoms in total. The van der Waals surface area contributed by atoms with E-state index in [0.717, 1.165) is 31.4 Å². The van der Waals surface area contributed by atoms with Crippen LogP contribution in [-0.2, 0) is 15.0 Å². The first-order valence-electron chi connectivity index (χ1n) is 8.44. The molecule has 1 unspecified atom stereocenters. The number of hydrogen-bond donors (Lipinski definition) is 2. The summed E-state index contributed by atoms with van der Waals surface area (Å²) >= 11 is 0. The first-order valence-corrected chi connectivity index (χ1v) is 8.44. The van der Waals surface area contributed by atoms with Gasteiger partial charge in [-0.1, -0.05) is 6.07 Å². The second-order valence-corrected chi connectivity index (χ2v) is 7.10.